The molecule has 1 fully saturated rings. The number of nitrogens with zero attached hydrogens (tertiary/aromatic N) is 3. The zero-order valence-corrected chi connectivity index (χ0v) is 19.7. The molecule has 0 bridgehead atoms. The molecule has 3 heterocycles. The lowest BCUT2D eigenvalue weighted by atomic mass is 9.85. The molecule has 1 unspecified atom stereocenters. The Hall–Kier alpha value is -3.66. The van der Waals surface area contributed by atoms with E-state index in [1.54, 1.807) is 16.9 Å². The standard InChI is InChI=1S/C24H24ClFN6O3/c1-27-23(34)19-10-17(29-24(35)18-7-8-28-32(18)11-13-3-2-4-13)22-21(30-20(33)12-31(19)22)15-9-14(26)5-6-16(15)25/h5-10,13,21H,2-4,11-12H2,1H3,(H,27,34)(H,29,35)(H,30,33). The van der Waals surface area contributed by atoms with E-state index in [0.29, 0.717) is 35.1 Å². The quantitative estimate of drug-likeness (QED) is 0.485. The third kappa shape index (κ3) is 4.29. The third-order valence-electron chi connectivity index (χ3n) is 6.60. The van der Waals surface area contributed by atoms with Gasteiger partial charge in [-0.3, -0.25) is 19.1 Å². The van der Waals surface area contributed by atoms with Gasteiger partial charge in [0.1, 0.15) is 23.7 Å². The van der Waals surface area contributed by atoms with Crippen molar-refractivity contribution >= 4 is 35.0 Å². The monoisotopic (exact) mass is 498 g/mol. The van der Waals surface area contributed by atoms with Crippen LogP contribution in [0.4, 0.5) is 10.1 Å². The van der Waals surface area contributed by atoms with Crippen molar-refractivity contribution in [3.63, 3.8) is 0 Å². The van der Waals surface area contributed by atoms with Gasteiger partial charge in [0.05, 0.1) is 17.4 Å². The molecule has 11 heteroatoms. The molecule has 0 spiro atoms. The van der Waals surface area contributed by atoms with E-state index >= 15 is 0 Å². The van der Waals surface area contributed by atoms with E-state index in [1.807, 2.05) is 0 Å². The minimum absolute atomic E-state index is 0.142. The summed E-state index contributed by atoms with van der Waals surface area (Å²) in [6.07, 6.45) is 4.98. The fraction of sp³-hybridized carbons (Fsp3) is 0.333. The summed E-state index contributed by atoms with van der Waals surface area (Å²) in [5.41, 5.74) is 1.63. The Kier molecular flexibility index (Phi) is 6.06. The number of amides is 3. The number of benzene rings is 1. The zero-order chi connectivity index (χ0) is 24.7. The highest BCUT2D eigenvalue weighted by Gasteiger charge is 2.35. The molecule has 9 nitrogen and oxygen atoms in total. The maximum atomic E-state index is 14.1. The van der Waals surface area contributed by atoms with Crippen LogP contribution in [0.2, 0.25) is 5.02 Å². The fourth-order valence-corrected chi connectivity index (χ4v) is 4.85. The highest BCUT2D eigenvalue weighted by molar-refractivity contribution is 6.31. The Labute approximate surface area is 205 Å². The van der Waals surface area contributed by atoms with Crippen LogP contribution in [-0.4, -0.2) is 39.1 Å². The van der Waals surface area contributed by atoms with Gasteiger partial charge < -0.3 is 20.5 Å². The molecular weight excluding hydrogens is 475 g/mol. The Bertz CT molecular complexity index is 1330. The average molecular weight is 499 g/mol. The van der Waals surface area contributed by atoms with E-state index < -0.39 is 23.7 Å². The van der Waals surface area contributed by atoms with E-state index in [0.717, 1.165) is 12.8 Å². The fourth-order valence-electron chi connectivity index (χ4n) is 4.62. The number of hydrogen-bond donors (Lipinski definition) is 3. The second-order valence-electron chi connectivity index (χ2n) is 8.81. The van der Waals surface area contributed by atoms with Crippen molar-refractivity contribution in [2.24, 2.45) is 5.92 Å². The first-order valence-electron chi connectivity index (χ1n) is 11.4. The molecule has 1 atom stereocenters. The van der Waals surface area contributed by atoms with Crippen LogP contribution in [0.3, 0.4) is 0 Å². The van der Waals surface area contributed by atoms with Crippen molar-refractivity contribution in [2.45, 2.75) is 38.4 Å². The number of fused-ring (bicyclic) bond motifs is 1. The molecule has 5 rings (SSSR count). The second-order valence-corrected chi connectivity index (χ2v) is 9.22. The van der Waals surface area contributed by atoms with Crippen LogP contribution in [0, 0.1) is 11.7 Å². The van der Waals surface area contributed by atoms with Gasteiger partial charge in [-0.1, -0.05) is 18.0 Å². The number of halogens is 2. The first-order valence-corrected chi connectivity index (χ1v) is 11.8. The number of anilines is 1. The summed E-state index contributed by atoms with van der Waals surface area (Å²) in [7, 11) is 1.48. The highest BCUT2D eigenvalue weighted by atomic mass is 35.5. The molecule has 1 aromatic carbocycles. The van der Waals surface area contributed by atoms with Crippen molar-refractivity contribution in [3.05, 3.63) is 70.0 Å². The van der Waals surface area contributed by atoms with Crippen molar-refractivity contribution in [1.82, 2.24) is 25.0 Å². The van der Waals surface area contributed by atoms with Gasteiger partial charge in [-0.2, -0.15) is 5.10 Å². The minimum Gasteiger partial charge on any atom is -0.354 e. The van der Waals surface area contributed by atoms with Gasteiger partial charge >= 0.3 is 0 Å². The molecule has 3 amide bonds. The van der Waals surface area contributed by atoms with Crippen LogP contribution in [-0.2, 0) is 17.9 Å². The van der Waals surface area contributed by atoms with Gasteiger partial charge in [0.15, 0.2) is 0 Å². The van der Waals surface area contributed by atoms with Crippen LogP contribution in [0.25, 0.3) is 0 Å². The van der Waals surface area contributed by atoms with E-state index in [2.05, 4.69) is 21.0 Å². The van der Waals surface area contributed by atoms with Crippen LogP contribution >= 0.6 is 11.6 Å². The molecule has 2 aromatic heterocycles. The number of carbonyl (C=O) groups excluding carboxylic acids is 3. The first-order chi connectivity index (χ1) is 16.9. The van der Waals surface area contributed by atoms with Crippen molar-refractivity contribution < 1.29 is 18.8 Å². The average Bonchev–Trinajstić information content (AvgIpc) is 3.41. The van der Waals surface area contributed by atoms with Gasteiger partial charge in [0.2, 0.25) is 5.91 Å². The Morgan fingerprint density at radius 3 is 2.71 bits per heavy atom. The Balaban J connectivity index is 1.56. The van der Waals surface area contributed by atoms with Gasteiger partial charge in [-0.15, -0.1) is 0 Å². The molecule has 2 aliphatic rings. The van der Waals surface area contributed by atoms with Gasteiger partial charge in [-0.25, -0.2) is 4.39 Å². The summed E-state index contributed by atoms with van der Waals surface area (Å²) in [5, 5.41) is 12.8. The van der Waals surface area contributed by atoms with Crippen LogP contribution in [0.5, 0.6) is 0 Å². The minimum atomic E-state index is -0.881. The number of nitrogens with one attached hydrogen (secondary N) is 3. The van der Waals surface area contributed by atoms with Gasteiger partial charge in [0, 0.05) is 30.4 Å². The smallest absolute Gasteiger partial charge is 0.273 e. The SMILES string of the molecule is CNC(=O)c1cc(NC(=O)c2ccnn2CC2CCC2)c2n1CC(=O)NC2c1cc(F)ccc1Cl. The maximum absolute atomic E-state index is 14.1. The second kappa shape index (κ2) is 9.18. The van der Waals surface area contributed by atoms with E-state index in [-0.39, 0.29) is 23.2 Å². The lowest BCUT2D eigenvalue weighted by Crippen LogP contribution is -2.41. The molecule has 182 valence electrons. The van der Waals surface area contributed by atoms with E-state index in [1.165, 1.54) is 42.3 Å². The molecule has 1 aliphatic carbocycles. The van der Waals surface area contributed by atoms with E-state index in [4.69, 9.17) is 11.6 Å². The number of rotatable bonds is 6. The van der Waals surface area contributed by atoms with E-state index in [9.17, 15) is 18.8 Å². The molecule has 0 radical (unpaired) electrons. The zero-order valence-electron chi connectivity index (χ0n) is 19.0. The van der Waals surface area contributed by atoms with Crippen molar-refractivity contribution in [2.75, 3.05) is 12.4 Å². The first kappa shape index (κ1) is 23.1. The largest absolute Gasteiger partial charge is 0.354 e. The summed E-state index contributed by atoms with van der Waals surface area (Å²) in [6.45, 7) is 0.516. The summed E-state index contributed by atoms with van der Waals surface area (Å²) in [6, 6.07) is 6.12. The normalized spacial score (nSPS) is 17.3. The summed E-state index contributed by atoms with van der Waals surface area (Å²) >= 11 is 6.36. The molecule has 1 aliphatic heterocycles. The molecule has 3 N–H and O–H groups in total. The van der Waals surface area contributed by atoms with Crippen LogP contribution < -0.4 is 16.0 Å². The predicted octanol–water partition coefficient (Wildman–Crippen LogP) is 3.11. The van der Waals surface area contributed by atoms with Crippen LogP contribution in [0.15, 0.2) is 36.5 Å². The third-order valence-corrected chi connectivity index (χ3v) is 6.95. The van der Waals surface area contributed by atoms with Crippen molar-refractivity contribution in [1.29, 1.82) is 0 Å². The molecule has 3 aromatic rings. The summed E-state index contributed by atoms with van der Waals surface area (Å²) < 4.78 is 17.3. The van der Waals surface area contributed by atoms with Gasteiger partial charge in [0.25, 0.3) is 11.8 Å². The predicted molar refractivity (Wildman–Crippen MR) is 127 cm³/mol. The van der Waals surface area contributed by atoms with Crippen LogP contribution in [0.1, 0.15) is 57.5 Å². The Morgan fingerprint density at radius 1 is 1.20 bits per heavy atom. The lowest BCUT2D eigenvalue weighted by molar-refractivity contribution is -0.123. The summed E-state index contributed by atoms with van der Waals surface area (Å²) in [5.74, 6) is -1.24. The molecule has 1 saturated carbocycles. The lowest BCUT2D eigenvalue weighted by Gasteiger charge is -2.29. The number of hydrogen-bond acceptors (Lipinski definition) is 4. The molecule has 35 heavy (non-hydrogen) atoms. The van der Waals surface area contributed by atoms with Crippen molar-refractivity contribution in [3.8, 4) is 0 Å². The summed E-state index contributed by atoms with van der Waals surface area (Å²) in [4.78, 5) is 38.5. The maximum Gasteiger partial charge on any atom is 0.273 e. The number of aromatic nitrogens is 3. The Morgan fingerprint density at radius 2 is 2.00 bits per heavy atom. The molecular formula is C24H24ClFN6O3. The highest BCUT2D eigenvalue weighted by Crippen LogP contribution is 2.37. The molecule has 0 saturated heterocycles. The van der Waals surface area contributed by atoms with Gasteiger partial charge in [-0.05, 0) is 49.1 Å². The number of carbonyl (C=O) groups is 3. The topological polar surface area (TPSA) is 110 Å².